The summed E-state index contributed by atoms with van der Waals surface area (Å²) < 4.78 is 35.8. The predicted octanol–water partition coefficient (Wildman–Crippen LogP) is -0.0761. The number of hydrogen-bond acceptors (Lipinski definition) is 6. The van der Waals surface area contributed by atoms with Crippen LogP contribution >= 0.6 is 0 Å². The van der Waals surface area contributed by atoms with Crippen molar-refractivity contribution in [3.05, 3.63) is 12.1 Å². The zero-order chi connectivity index (χ0) is 11.9. The van der Waals surface area contributed by atoms with Gasteiger partial charge in [-0.15, -0.1) is 10.2 Å². The smallest absolute Gasteiger partial charge is 0.298 e. The number of ether oxygens (including phenoxy) is 1. The molecule has 0 bridgehead atoms. The molecule has 0 radical (unpaired) electrons. The van der Waals surface area contributed by atoms with Crippen LogP contribution in [0.25, 0.3) is 11.0 Å². The maximum atomic E-state index is 11.0. The standard InChI is InChI=1S/C7H7N3O5S/c1-15-7-5(16(12,13)14)3-2-4-6(7)9-10(11)8-4/h2-3,11H,1H3,(H,12,13,14). The molecule has 0 saturated heterocycles. The summed E-state index contributed by atoms with van der Waals surface area (Å²) in [6, 6.07) is 2.41. The van der Waals surface area contributed by atoms with Crippen molar-refractivity contribution >= 4 is 21.2 Å². The van der Waals surface area contributed by atoms with Crippen LogP contribution in [0.15, 0.2) is 17.0 Å². The summed E-state index contributed by atoms with van der Waals surface area (Å²) in [6.45, 7) is 0. The average Bonchev–Trinajstić information content (AvgIpc) is 2.54. The van der Waals surface area contributed by atoms with Crippen LogP contribution in [0.1, 0.15) is 0 Å². The number of rotatable bonds is 2. The Balaban J connectivity index is 2.88. The highest BCUT2D eigenvalue weighted by molar-refractivity contribution is 7.86. The van der Waals surface area contributed by atoms with E-state index in [9.17, 15) is 8.42 Å². The second-order valence-corrected chi connectivity index (χ2v) is 4.30. The van der Waals surface area contributed by atoms with Crippen LogP contribution in [0.3, 0.4) is 0 Å². The fourth-order valence-corrected chi connectivity index (χ4v) is 1.98. The van der Waals surface area contributed by atoms with Gasteiger partial charge in [-0.3, -0.25) is 4.55 Å². The van der Waals surface area contributed by atoms with Crippen molar-refractivity contribution < 1.29 is 22.9 Å². The van der Waals surface area contributed by atoms with Gasteiger partial charge >= 0.3 is 0 Å². The lowest BCUT2D eigenvalue weighted by atomic mass is 10.3. The second-order valence-electron chi connectivity index (χ2n) is 2.91. The van der Waals surface area contributed by atoms with Crippen molar-refractivity contribution in [2.24, 2.45) is 0 Å². The van der Waals surface area contributed by atoms with Crippen molar-refractivity contribution in [2.45, 2.75) is 4.90 Å². The highest BCUT2D eigenvalue weighted by atomic mass is 32.2. The van der Waals surface area contributed by atoms with Crippen molar-refractivity contribution in [1.82, 2.24) is 15.2 Å². The molecule has 2 rings (SSSR count). The number of aromatic nitrogens is 3. The molecule has 1 heterocycles. The van der Waals surface area contributed by atoms with E-state index < -0.39 is 15.0 Å². The highest BCUT2D eigenvalue weighted by Gasteiger charge is 2.21. The SMILES string of the molecule is COc1c(S(=O)(=O)O)ccc2nn(O)nc12. The Morgan fingerprint density at radius 1 is 1.38 bits per heavy atom. The number of fused-ring (bicyclic) bond motifs is 1. The molecule has 0 spiro atoms. The Bertz CT molecular complexity index is 647. The van der Waals surface area contributed by atoms with E-state index in [0.29, 0.717) is 4.96 Å². The molecule has 0 aliphatic carbocycles. The minimum absolute atomic E-state index is 0.0418. The van der Waals surface area contributed by atoms with Crippen molar-refractivity contribution in [3.63, 3.8) is 0 Å². The first-order chi connectivity index (χ1) is 7.43. The van der Waals surface area contributed by atoms with Crippen LogP contribution in [0.2, 0.25) is 0 Å². The minimum atomic E-state index is -4.41. The maximum absolute atomic E-state index is 11.0. The third kappa shape index (κ3) is 1.55. The summed E-state index contributed by atoms with van der Waals surface area (Å²) in [5.74, 6) is -0.166. The molecule has 0 atom stereocenters. The molecule has 2 aromatic rings. The predicted molar refractivity (Wildman–Crippen MR) is 51.1 cm³/mol. The second kappa shape index (κ2) is 3.32. The van der Waals surface area contributed by atoms with Crippen LogP contribution in [-0.2, 0) is 10.1 Å². The highest BCUT2D eigenvalue weighted by Crippen LogP contribution is 2.30. The Morgan fingerprint density at radius 3 is 2.62 bits per heavy atom. The fraction of sp³-hybridized carbons (Fsp3) is 0.143. The molecule has 0 aliphatic rings. The first-order valence-corrected chi connectivity index (χ1v) is 5.48. The Labute approximate surface area is 89.8 Å². The molecule has 8 nitrogen and oxygen atoms in total. The molecular weight excluding hydrogens is 238 g/mol. The monoisotopic (exact) mass is 245 g/mol. The van der Waals surface area contributed by atoms with E-state index in [0.717, 1.165) is 6.07 Å². The first-order valence-electron chi connectivity index (χ1n) is 4.04. The maximum Gasteiger partial charge on any atom is 0.298 e. The molecular formula is C7H7N3O5S. The number of hydrogen-bond donors (Lipinski definition) is 2. The van der Waals surface area contributed by atoms with E-state index in [1.807, 2.05) is 0 Å². The van der Waals surface area contributed by atoms with Crippen LogP contribution in [0.5, 0.6) is 5.75 Å². The summed E-state index contributed by atoms with van der Waals surface area (Å²) >= 11 is 0. The summed E-state index contributed by atoms with van der Waals surface area (Å²) in [6.07, 6.45) is 0. The lowest BCUT2D eigenvalue weighted by Crippen LogP contribution is -2.02. The van der Waals surface area contributed by atoms with Gasteiger partial charge in [0.05, 0.1) is 7.11 Å². The van der Waals surface area contributed by atoms with Crippen molar-refractivity contribution in [3.8, 4) is 5.75 Å². The molecule has 0 saturated carbocycles. The lowest BCUT2D eigenvalue weighted by Gasteiger charge is -2.04. The molecule has 16 heavy (non-hydrogen) atoms. The topological polar surface area (TPSA) is 115 Å². The molecule has 0 fully saturated rings. The van der Waals surface area contributed by atoms with Crippen LogP contribution in [0.4, 0.5) is 0 Å². The van der Waals surface area contributed by atoms with E-state index in [1.165, 1.54) is 13.2 Å². The largest absolute Gasteiger partial charge is 0.493 e. The van der Waals surface area contributed by atoms with E-state index in [2.05, 4.69) is 10.2 Å². The van der Waals surface area contributed by atoms with Gasteiger partial charge in [0.25, 0.3) is 10.1 Å². The van der Waals surface area contributed by atoms with Gasteiger partial charge in [0.2, 0.25) is 0 Å². The fourth-order valence-electron chi connectivity index (χ4n) is 1.33. The quantitative estimate of drug-likeness (QED) is 0.561. The average molecular weight is 245 g/mol. The van der Waals surface area contributed by atoms with Gasteiger partial charge in [-0.25, -0.2) is 0 Å². The normalized spacial score (nSPS) is 11.9. The van der Waals surface area contributed by atoms with Gasteiger partial charge in [0.15, 0.2) is 11.3 Å². The third-order valence-corrected chi connectivity index (χ3v) is 2.82. The summed E-state index contributed by atoms with van der Waals surface area (Å²) in [4.78, 5) is -0.135. The zero-order valence-corrected chi connectivity index (χ0v) is 8.84. The molecule has 0 unspecified atom stereocenters. The van der Waals surface area contributed by atoms with Crippen molar-refractivity contribution in [1.29, 1.82) is 0 Å². The minimum Gasteiger partial charge on any atom is -0.493 e. The number of methoxy groups -OCH3 is 1. The summed E-state index contributed by atoms with van der Waals surface area (Å²) in [5.41, 5.74) is 0.284. The third-order valence-electron chi connectivity index (χ3n) is 1.94. The van der Waals surface area contributed by atoms with Crippen LogP contribution in [-0.4, -0.2) is 40.4 Å². The molecule has 0 amide bonds. The zero-order valence-electron chi connectivity index (χ0n) is 8.02. The van der Waals surface area contributed by atoms with Gasteiger partial charge in [-0.1, -0.05) is 0 Å². The van der Waals surface area contributed by atoms with Crippen LogP contribution in [0, 0.1) is 0 Å². The van der Waals surface area contributed by atoms with Gasteiger partial charge < -0.3 is 9.94 Å². The van der Waals surface area contributed by atoms with Gasteiger partial charge in [0, 0.05) is 0 Å². The summed E-state index contributed by atoms with van der Waals surface area (Å²) in [5, 5.41) is 16.1. The molecule has 9 heteroatoms. The Morgan fingerprint density at radius 2 is 2.06 bits per heavy atom. The molecule has 2 N–H and O–H groups in total. The van der Waals surface area contributed by atoms with E-state index >= 15 is 0 Å². The Kier molecular flexibility index (Phi) is 2.21. The lowest BCUT2D eigenvalue weighted by molar-refractivity contribution is 0.113. The van der Waals surface area contributed by atoms with E-state index in [1.54, 1.807) is 0 Å². The van der Waals surface area contributed by atoms with Crippen molar-refractivity contribution in [2.75, 3.05) is 7.11 Å². The molecule has 1 aromatic heterocycles. The van der Waals surface area contributed by atoms with Gasteiger partial charge in [-0.2, -0.15) is 8.42 Å². The molecule has 0 aliphatic heterocycles. The summed E-state index contributed by atoms with van der Waals surface area (Å²) in [7, 11) is -3.19. The van der Waals surface area contributed by atoms with E-state index in [-0.39, 0.29) is 16.8 Å². The number of nitrogens with zero attached hydrogens (tertiary/aromatic N) is 3. The van der Waals surface area contributed by atoms with E-state index in [4.69, 9.17) is 14.5 Å². The Hall–Kier alpha value is -1.87. The van der Waals surface area contributed by atoms with Crippen LogP contribution < -0.4 is 4.74 Å². The number of benzene rings is 1. The molecule has 86 valence electrons. The molecule has 1 aromatic carbocycles. The first kappa shape index (κ1) is 10.6. The van der Waals surface area contributed by atoms with Gasteiger partial charge in [-0.05, 0) is 17.1 Å². The van der Waals surface area contributed by atoms with Gasteiger partial charge in [0.1, 0.15) is 10.4 Å².